The first-order valence-electron chi connectivity index (χ1n) is 19.6. The lowest BCUT2D eigenvalue weighted by molar-refractivity contribution is 1.28. The van der Waals surface area contributed by atoms with Crippen molar-refractivity contribution in [1.29, 1.82) is 0 Å². The van der Waals surface area contributed by atoms with Crippen molar-refractivity contribution in [1.82, 2.24) is 0 Å². The molecule has 0 heterocycles. The van der Waals surface area contributed by atoms with Gasteiger partial charge in [0, 0.05) is 17.1 Å². The normalized spacial score (nSPS) is 11.2. The van der Waals surface area contributed by atoms with Crippen LogP contribution in [0.1, 0.15) is 0 Å². The van der Waals surface area contributed by atoms with Gasteiger partial charge < -0.3 is 4.90 Å². The van der Waals surface area contributed by atoms with Crippen LogP contribution >= 0.6 is 0 Å². The predicted octanol–water partition coefficient (Wildman–Crippen LogP) is 15.8. The summed E-state index contributed by atoms with van der Waals surface area (Å²) in [6, 6.07) is 85.7. The van der Waals surface area contributed by atoms with Gasteiger partial charge in [0.25, 0.3) is 0 Å². The van der Waals surface area contributed by atoms with Crippen molar-refractivity contribution >= 4 is 38.6 Å². The van der Waals surface area contributed by atoms with E-state index < -0.39 is 0 Å². The molecule has 10 aromatic carbocycles. The van der Waals surface area contributed by atoms with Gasteiger partial charge in [0.1, 0.15) is 0 Å². The lowest BCUT2D eigenvalue weighted by Gasteiger charge is -2.28. The molecule has 10 rings (SSSR count). The summed E-state index contributed by atoms with van der Waals surface area (Å²) in [5.74, 6) is 0. The Bertz CT molecular complexity index is 2810. The Kier molecular flexibility index (Phi) is 8.95. The van der Waals surface area contributed by atoms with Gasteiger partial charge in [0.2, 0.25) is 0 Å². The van der Waals surface area contributed by atoms with Crippen LogP contribution in [0.15, 0.2) is 237 Å². The van der Waals surface area contributed by atoms with Crippen molar-refractivity contribution in [2.75, 3.05) is 4.90 Å². The predicted molar refractivity (Wildman–Crippen MR) is 243 cm³/mol. The number of hydrogen-bond acceptors (Lipinski definition) is 1. The monoisotopic (exact) mass is 725 g/mol. The summed E-state index contributed by atoms with van der Waals surface area (Å²) in [6.45, 7) is 0. The zero-order chi connectivity index (χ0) is 38.0. The highest BCUT2D eigenvalue weighted by Gasteiger charge is 2.20. The van der Waals surface area contributed by atoms with Crippen LogP contribution in [-0.4, -0.2) is 0 Å². The average Bonchev–Trinajstić information content (AvgIpc) is 3.30. The Labute approximate surface area is 334 Å². The molecule has 0 aliphatic rings. The Morgan fingerprint density at radius 1 is 0.211 bits per heavy atom. The highest BCUT2D eigenvalue weighted by molar-refractivity contribution is 6.03. The second-order valence-electron chi connectivity index (χ2n) is 14.5. The average molecular weight is 726 g/mol. The number of rotatable bonds is 8. The summed E-state index contributed by atoms with van der Waals surface area (Å²) < 4.78 is 0. The Morgan fingerprint density at radius 2 is 0.579 bits per heavy atom. The van der Waals surface area contributed by atoms with Crippen molar-refractivity contribution in [3.8, 4) is 55.6 Å². The van der Waals surface area contributed by atoms with E-state index in [1.807, 2.05) is 0 Å². The van der Waals surface area contributed by atoms with Crippen LogP contribution in [0.25, 0.3) is 77.2 Å². The minimum absolute atomic E-state index is 1.09. The number of nitrogens with zero attached hydrogens (tertiary/aromatic N) is 1. The molecule has 57 heavy (non-hydrogen) atoms. The summed E-state index contributed by atoms with van der Waals surface area (Å²) in [4.78, 5) is 2.41. The molecule has 0 aliphatic carbocycles. The van der Waals surface area contributed by atoms with Crippen LogP contribution in [0, 0.1) is 0 Å². The number of anilines is 3. The van der Waals surface area contributed by atoms with Gasteiger partial charge in [-0.15, -0.1) is 0 Å². The molecule has 0 atom stereocenters. The molecule has 0 saturated carbocycles. The number of fused-ring (bicyclic) bond motifs is 2. The largest absolute Gasteiger partial charge is 0.310 e. The SMILES string of the molecule is c1ccc(-c2ccc(N(c3ccc(-c4cccc5ccccc45)c(-c4ccccc4)c3)c3ccc(-c4cccc5ccccc45)c(-c4ccccc4)c3)cc2)cc1. The first-order valence-corrected chi connectivity index (χ1v) is 19.6. The molecule has 0 saturated heterocycles. The molecule has 1 nitrogen and oxygen atoms in total. The minimum Gasteiger partial charge on any atom is -0.310 e. The first-order chi connectivity index (χ1) is 28.3. The molecule has 1 heteroatoms. The van der Waals surface area contributed by atoms with Crippen molar-refractivity contribution in [3.05, 3.63) is 237 Å². The summed E-state index contributed by atoms with van der Waals surface area (Å²) >= 11 is 0. The molecule has 0 amide bonds. The van der Waals surface area contributed by atoms with Gasteiger partial charge in [-0.1, -0.05) is 200 Å². The second-order valence-corrected chi connectivity index (χ2v) is 14.5. The molecule has 0 aromatic heterocycles. The van der Waals surface area contributed by atoms with Crippen LogP contribution in [0.5, 0.6) is 0 Å². The molecule has 0 fully saturated rings. The van der Waals surface area contributed by atoms with Gasteiger partial charge in [0.15, 0.2) is 0 Å². The molecule has 0 N–H and O–H groups in total. The molecule has 0 unspecified atom stereocenters. The van der Waals surface area contributed by atoms with E-state index >= 15 is 0 Å². The van der Waals surface area contributed by atoms with Crippen LogP contribution in [0.2, 0.25) is 0 Å². The van der Waals surface area contributed by atoms with Gasteiger partial charge >= 0.3 is 0 Å². The molecular formula is C56H39N. The smallest absolute Gasteiger partial charge is 0.0468 e. The lowest BCUT2D eigenvalue weighted by atomic mass is 9.90. The quantitative estimate of drug-likeness (QED) is 0.151. The van der Waals surface area contributed by atoms with Gasteiger partial charge in [-0.3, -0.25) is 0 Å². The Hall–Kier alpha value is -7.48. The van der Waals surface area contributed by atoms with E-state index in [1.54, 1.807) is 0 Å². The summed E-state index contributed by atoms with van der Waals surface area (Å²) in [5, 5.41) is 4.96. The fraction of sp³-hybridized carbons (Fsp3) is 0. The zero-order valence-electron chi connectivity index (χ0n) is 31.5. The standard InChI is InChI=1S/C56H39N/c1-4-16-40(17-5-1)41-30-32-46(33-31-41)57(47-34-36-53(55(38-47)44-18-6-2-7-19-44)51-28-14-24-42-22-10-12-26-49(42)51)48-35-37-54(56(39-48)45-20-8-3-9-21-45)52-29-15-25-43-23-11-13-27-50(43)52/h1-39H. The van der Waals surface area contributed by atoms with E-state index in [-0.39, 0.29) is 0 Å². The molecule has 10 aromatic rings. The zero-order valence-corrected chi connectivity index (χ0v) is 31.5. The first kappa shape index (κ1) is 34.0. The van der Waals surface area contributed by atoms with Gasteiger partial charge in [-0.05, 0) is 114 Å². The van der Waals surface area contributed by atoms with E-state index in [0.29, 0.717) is 0 Å². The van der Waals surface area contributed by atoms with E-state index in [9.17, 15) is 0 Å². The summed E-state index contributed by atoms with van der Waals surface area (Å²) in [6.07, 6.45) is 0. The van der Waals surface area contributed by atoms with E-state index in [0.717, 1.165) is 17.1 Å². The van der Waals surface area contributed by atoms with Crippen molar-refractivity contribution in [2.45, 2.75) is 0 Å². The molecule has 268 valence electrons. The lowest BCUT2D eigenvalue weighted by Crippen LogP contribution is -2.10. The van der Waals surface area contributed by atoms with Crippen LogP contribution in [0.3, 0.4) is 0 Å². The Balaban J connectivity index is 1.20. The van der Waals surface area contributed by atoms with E-state index in [1.165, 1.54) is 77.2 Å². The van der Waals surface area contributed by atoms with Crippen LogP contribution < -0.4 is 4.90 Å². The third-order valence-electron chi connectivity index (χ3n) is 11.1. The van der Waals surface area contributed by atoms with Crippen molar-refractivity contribution < 1.29 is 0 Å². The maximum atomic E-state index is 2.41. The topological polar surface area (TPSA) is 3.24 Å². The highest BCUT2D eigenvalue weighted by Crippen LogP contribution is 2.45. The highest BCUT2D eigenvalue weighted by atomic mass is 15.1. The van der Waals surface area contributed by atoms with Crippen LogP contribution in [0.4, 0.5) is 17.1 Å². The molecule has 0 bridgehead atoms. The molecule has 0 spiro atoms. The summed E-state index contributed by atoms with van der Waals surface area (Å²) in [7, 11) is 0. The minimum atomic E-state index is 1.09. The molecule has 0 radical (unpaired) electrons. The van der Waals surface area contributed by atoms with Gasteiger partial charge in [-0.25, -0.2) is 0 Å². The maximum absolute atomic E-state index is 2.41. The molecule has 0 aliphatic heterocycles. The number of benzene rings is 10. The van der Waals surface area contributed by atoms with Crippen molar-refractivity contribution in [2.24, 2.45) is 0 Å². The van der Waals surface area contributed by atoms with Gasteiger partial charge in [-0.2, -0.15) is 0 Å². The fourth-order valence-corrected chi connectivity index (χ4v) is 8.33. The third-order valence-corrected chi connectivity index (χ3v) is 11.1. The maximum Gasteiger partial charge on any atom is 0.0468 e. The van der Waals surface area contributed by atoms with Crippen molar-refractivity contribution in [3.63, 3.8) is 0 Å². The third kappa shape index (κ3) is 6.56. The Morgan fingerprint density at radius 3 is 1.05 bits per heavy atom. The molecular weight excluding hydrogens is 687 g/mol. The van der Waals surface area contributed by atoms with E-state index in [2.05, 4.69) is 241 Å². The van der Waals surface area contributed by atoms with Crippen LogP contribution in [-0.2, 0) is 0 Å². The second kappa shape index (κ2) is 15.0. The van der Waals surface area contributed by atoms with Gasteiger partial charge in [0.05, 0.1) is 0 Å². The van der Waals surface area contributed by atoms with E-state index in [4.69, 9.17) is 0 Å². The summed E-state index contributed by atoms with van der Waals surface area (Å²) in [5.41, 5.74) is 15.2. The number of hydrogen-bond donors (Lipinski definition) is 0. The fourth-order valence-electron chi connectivity index (χ4n) is 8.33.